The third-order valence-electron chi connectivity index (χ3n) is 3.44. The van der Waals surface area contributed by atoms with E-state index >= 15 is 0 Å². The highest BCUT2D eigenvalue weighted by molar-refractivity contribution is 9.10. The summed E-state index contributed by atoms with van der Waals surface area (Å²) in [6.07, 6.45) is 0.0548. The summed E-state index contributed by atoms with van der Waals surface area (Å²) in [6.45, 7) is 5.78. The van der Waals surface area contributed by atoms with Crippen molar-refractivity contribution < 1.29 is 14.3 Å². The lowest BCUT2D eigenvalue weighted by Gasteiger charge is -2.12. The van der Waals surface area contributed by atoms with Crippen LogP contribution in [0.2, 0.25) is 0 Å². The highest BCUT2D eigenvalue weighted by Gasteiger charge is 2.11. The van der Waals surface area contributed by atoms with Gasteiger partial charge >= 0.3 is 0 Å². The number of nitrogens with one attached hydrogen (secondary N) is 3. The van der Waals surface area contributed by atoms with E-state index in [0.29, 0.717) is 16.9 Å². The Morgan fingerprint density at radius 1 is 1.00 bits per heavy atom. The molecule has 0 bridgehead atoms. The van der Waals surface area contributed by atoms with E-state index in [9.17, 15) is 9.59 Å². The summed E-state index contributed by atoms with van der Waals surface area (Å²) in [7, 11) is 0. The molecule has 0 spiro atoms. The Kier molecular flexibility index (Phi) is 7.32. The zero-order chi connectivity index (χ0) is 20.0. The summed E-state index contributed by atoms with van der Waals surface area (Å²) >= 11 is 8.42. The van der Waals surface area contributed by atoms with Crippen molar-refractivity contribution in [2.75, 3.05) is 0 Å². The highest BCUT2D eigenvalue weighted by atomic mass is 79.9. The average molecular weight is 450 g/mol. The van der Waals surface area contributed by atoms with E-state index in [1.807, 2.05) is 26.8 Å². The second-order valence-corrected chi connectivity index (χ2v) is 7.28. The first kappa shape index (κ1) is 20.9. The van der Waals surface area contributed by atoms with Gasteiger partial charge in [-0.05, 0) is 75.0 Å². The van der Waals surface area contributed by atoms with Crippen molar-refractivity contribution in [1.29, 1.82) is 0 Å². The van der Waals surface area contributed by atoms with E-state index in [-0.39, 0.29) is 17.1 Å². The van der Waals surface area contributed by atoms with E-state index in [2.05, 4.69) is 32.1 Å². The van der Waals surface area contributed by atoms with Gasteiger partial charge < -0.3 is 4.74 Å². The molecule has 0 heterocycles. The van der Waals surface area contributed by atoms with Gasteiger partial charge in [-0.1, -0.05) is 22.0 Å². The van der Waals surface area contributed by atoms with Gasteiger partial charge in [-0.25, -0.2) is 0 Å². The third kappa shape index (κ3) is 6.33. The van der Waals surface area contributed by atoms with E-state index in [1.54, 1.807) is 36.4 Å². The molecule has 0 fully saturated rings. The van der Waals surface area contributed by atoms with Crippen LogP contribution in [-0.4, -0.2) is 23.0 Å². The lowest BCUT2D eigenvalue weighted by atomic mass is 10.1. The number of carbonyl (C=O) groups is 2. The molecule has 0 aliphatic heterocycles. The zero-order valence-electron chi connectivity index (χ0n) is 15.1. The van der Waals surface area contributed by atoms with Gasteiger partial charge in [0.2, 0.25) is 0 Å². The molecule has 0 radical (unpaired) electrons. The molecule has 2 rings (SSSR count). The van der Waals surface area contributed by atoms with Crippen LogP contribution in [0.4, 0.5) is 0 Å². The number of benzene rings is 2. The largest absolute Gasteiger partial charge is 0.491 e. The fourth-order valence-corrected chi connectivity index (χ4v) is 2.61. The lowest BCUT2D eigenvalue weighted by Crippen LogP contribution is -2.48. The summed E-state index contributed by atoms with van der Waals surface area (Å²) in [4.78, 5) is 24.3. The van der Waals surface area contributed by atoms with Gasteiger partial charge in [0.15, 0.2) is 5.11 Å². The van der Waals surface area contributed by atoms with Gasteiger partial charge in [-0.3, -0.25) is 25.8 Å². The first-order valence-electron chi connectivity index (χ1n) is 8.21. The molecule has 2 amide bonds. The quantitative estimate of drug-likeness (QED) is 0.491. The van der Waals surface area contributed by atoms with Crippen LogP contribution >= 0.6 is 28.1 Å². The smallest absolute Gasteiger partial charge is 0.269 e. The predicted octanol–water partition coefficient (Wildman–Crippen LogP) is 3.49. The Morgan fingerprint density at radius 3 is 2.22 bits per heavy atom. The topological polar surface area (TPSA) is 79.5 Å². The monoisotopic (exact) mass is 449 g/mol. The van der Waals surface area contributed by atoms with Crippen molar-refractivity contribution in [3.63, 3.8) is 0 Å². The Labute approximate surface area is 171 Å². The van der Waals surface area contributed by atoms with E-state index in [0.717, 1.165) is 10.0 Å². The predicted molar refractivity (Wildman–Crippen MR) is 112 cm³/mol. The molecule has 0 saturated heterocycles. The van der Waals surface area contributed by atoms with E-state index in [1.165, 1.54) is 0 Å². The molecule has 2 aromatic carbocycles. The van der Waals surface area contributed by atoms with Crippen LogP contribution in [0.5, 0.6) is 5.75 Å². The van der Waals surface area contributed by atoms with E-state index < -0.39 is 5.91 Å². The first-order chi connectivity index (χ1) is 12.8. The molecule has 27 heavy (non-hydrogen) atoms. The Balaban J connectivity index is 1.86. The maximum absolute atomic E-state index is 12.2. The molecule has 6 nitrogen and oxygen atoms in total. The molecule has 142 valence electrons. The zero-order valence-corrected chi connectivity index (χ0v) is 17.5. The fourth-order valence-electron chi connectivity index (χ4n) is 2.08. The van der Waals surface area contributed by atoms with Crippen LogP contribution in [0.25, 0.3) is 0 Å². The number of hydrogen-bond donors (Lipinski definition) is 3. The summed E-state index contributed by atoms with van der Waals surface area (Å²) in [5.74, 6) is -0.0859. The summed E-state index contributed by atoms with van der Waals surface area (Å²) in [5.41, 5.74) is 6.85. The number of thiocarbonyl (C=S) groups is 1. The van der Waals surface area contributed by atoms with E-state index in [4.69, 9.17) is 17.0 Å². The minimum atomic E-state index is -0.393. The number of hydrogen-bond acceptors (Lipinski definition) is 4. The highest BCUT2D eigenvalue weighted by Crippen LogP contribution is 2.17. The maximum Gasteiger partial charge on any atom is 0.269 e. The van der Waals surface area contributed by atoms with Crippen molar-refractivity contribution in [1.82, 2.24) is 16.2 Å². The Morgan fingerprint density at radius 2 is 1.63 bits per heavy atom. The SMILES string of the molecule is Cc1ccc(C(=O)NNC(=S)NC(=O)c2ccc(OC(C)C)cc2)cc1Br. The van der Waals surface area contributed by atoms with Gasteiger partial charge in [0.25, 0.3) is 11.8 Å². The summed E-state index contributed by atoms with van der Waals surface area (Å²) < 4.78 is 6.36. The van der Waals surface area contributed by atoms with Crippen LogP contribution in [-0.2, 0) is 0 Å². The van der Waals surface area contributed by atoms with Crippen LogP contribution in [0.3, 0.4) is 0 Å². The average Bonchev–Trinajstić information content (AvgIpc) is 2.62. The number of amides is 2. The third-order valence-corrected chi connectivity index (χ3v) is 4.50. The van der Waals surface area contributed by atoms with Crippen molar-refractivity contribution in [3.8, 4) is 5.75 Å². The van der Waals surface area contributed by atoms with Gasteiger partial charge in [-0.2, -0.15) is 0 Å². The minimum Gasteiger partial charge on any atom is -0.491 e. The molecule has 0 unspecified atom stereocenters. The molecule has 0 aliphatic rings. The number of halogens is 1. The van der Waals surface area contributed by atoms with Crippen LogP contribution in [0, 0.1) is 6.92 Å². The molecule has 2 aromatic rings. The molecule has 0 aliphatic carbocycles. The Bertz CT molecular complexity index is 854. The number of hydrazine groups is 1. The molecule has 0 aromatic heterocycles. The number of carbonyl (C=O) groups excluding carboxylic acids is 2. The standard InChI is InChI=1S/C19H20BrN3O3S/c1-11(2)26-15-8-6-13(7-9-15)17(24)21-19(27)23-22-18(25)14-5-4-12(3)16(20)10-14/h4-11H,1-3H3,(H,22,25)(H2,21,23,24,27). The number of ether oxygens (including phenoxy) is 1. The molecule has 0 saturated carbocycles. The number of rotatable bonds is 4. The number of aryl methyl sites for hydroxylation is 1. The van der Waals surface area contributed by atoms with Crippen LogP contribution in [0.1, 0.15) is 40.1 Å². The second kappa shape index (κ2) is 9.48. The first-order valence-corrected chi connectivity index (χ1v) is 9.41. The van der Waals surface area contributed by atoms with Crippen molar-refractivity contribution in [2.24, 2.45) is 0 Å². The maximum atomic E-state index is 12.2. The molecule has 8 heteroatoms. The summed E-state index contributed by atoms with van der Waals surface area (Å²) in [6, 6.07) is 11.9. The molecule has 0 atom stereocenters. The van der Waals surface area contributed by atoms with Crippen molar-refractivity contribution in [2.45, 2.75) is 26.9 Å². The van der Waals surface area contributed by atoms with Gasteiger partial charge in [0.05, 0.1) is 6.10 Å². The Hall–Kier alpha value is -2.45. The molecular formula is C19H20BrN3O3S. The second-order valence-electron chi connectivity index (χ2n) is 6.02. The van der Waals surface area contributed by atoms with Gasteiger partial charge in [0, 0.05) is 15.6 Å². The minimum absolute atomic E-state index is 0.0120. The molecule has 3 N–H and O–H groups in total. The lowest BCUT2D eigenvalue weighted by molar-refractivity contribution is 0.0934. The van der Waals surface area contributed by atoms with Gasteiger partial charge in [-0.15, -0.1) is 0 Å². The van der Waals surface area contributed by atoms with Crippen molar-refractivity contribution in [3.05, 3.63) is 63.6 Å². The van der Waals surface area contributed by atoms with Crippen LogP contribution < -0.4 is 20.9 Å². The normalized spacial score (nSPS) is 10.3. The summed E-state index contributed by atoms with van der Waals surface area (Å²) in [5, 5.41) is 2.49. The molecular weight excluding hydrogens is 430 g/mol. The fraction of sp³-hybridized carbons (Fsp3) is 0.211. The van der Waals surface area contributed by atoms with Crippen LogP contribution in [0.15, 0.2) is 46.9 Å². The van der Waals surface area contributed by atoms with Crippen molar-refractivity contribution >= 4 is 45.1 Å². The van der Waals surface area contributed by atoms with Gasteiger partial charge in [0.1, 0.15) is 5.75 Å².